The first-order chi connectivity index (χ1) is 11.6. The van der Waals surface area contributed by atoms with Gasteiger partial charge in [-0.05, 0) is 37.5 Å². The normalized spacial score (nSPS) is 20.5. The van der Waals surface area contributed by atoms with Gasteiger partial charge in [0.15, 0.2) is 5.17 Å². The Kier molecular flexibility index (Phi) is 5.40. The second-order valence-corrected chi connectivity index (χ2v) is 8.33. The molecule has 130 valence electrons. The summed E-state index contributed by atoms with van der Waals surface area (Å²) in [5, 5.41) is 1.37. The average Bonchev–Trinajstić information content (AvgIpc) is 2.92. The van der Waals surface area contributed by atoms with Crippen LogP contribution in [-0.2, 0) is 0 Å². The highest BCUT2D eigenvalue weighted by atomic mass is 35.5. The van der Waals surface area contributed by atoms with Gasteiger partial charge in [0, 0.05) is 22.9 Å². The van der Waals surface area contributed by atoms with Gasteiger partial charge in [0.1, 0.15) is 5.75 Å². The maximum Gasteiger partial charge on any atom is 0.283 e. The third-order valence-corrected chi connectivity index (χ3v) is 6.43. The molecule has 3 rings (SSSR count). The molecule has 4 nitrogen and oxygen atoms in total. The van der Waals surface area contributed by atoms with Crippen molar-refractivity contribution in [2.24, 2.45) is 4.99 Å². The molecule has 0 N–H and O–H groups in total. The largest absolute Gasteiger partial charge is 0.496 e. The molecule has 1 aliphatic carbocycles. The van der Waals surface area contributed by atoms with Crippen LogP contribution >= 0.6 is 23.4 Å². The zero-order valence-electron chi connectivity index (χ0n) is 14.2. The van der Waals surface area contributed by atoms with Crippen LogP contribution in [0.15, 0.2) is 23.2 Å². The van der Waals surface area contributed by atoms with E-state index < -0.39 is 0 Å². The monoisotopic (exact) mass is 366 g/mol. The number of ether oxygens (including phenoxy) is 1. The highest BCUT2D eigenvalue weighted by molar-refractivity contribution is 8.15. The molecule has 1 aromatic carbocycles. The van der Waals surface area contributed by atoms with Crippen molar-refractivity contribution in [1.82, 2.24) is 4.90 Å². The van der Waals surface area contributed by atoms with Gasteiger partial charge >= 0.3 is 0 Å². The predicted octanol–water partition coefficient (Wildman–Crippen LogP) is 4.62. The Balaban J connectivity index is 1.85. The minimum atomic E-state index is -0.283. The SMILES string of the molecule is CCCCN1CC2(CCC2)SC1=NC(=O)c1cc(Cl)ccc1OC. The highest BCUT2D eigenvalue weighted by Crippen LogP contribution is 2.50. The van der Waals surface area contributed by atoms with Crippen molar-refractivity contribution in [3.8, 4) is 5.75 Å². The molecule has 1 saturated heterocycles. The lowest BCUT2D eigenvalue weighted by Crippen LogP contribution is -2.38. The van der Waals surface area contributed by atoms with Crippen molar-refractivity contribution >= 4 is 34.4 Å². The molecule has 0 radical (unpaired) electrons. The Labute approximate surface area is 152 Å². The Morgan fingerprint density at radius 1 is 1.46 bits per heavy atom. The van der Waals surface area contributed by atoms with Gasteiger partial charge < -0.3 is 9.64 Å². The zero-order chi connectivity index (χ0) is 17.2. The second kappa shape index (κ2) is 7.36. The highest BCUT2D eigenvalue weighted by Gasteiger charge is 2.47. The van der Waals surface area contributed by atoms with Crippen molar-refractivity contribution in [2.45, 2.75) is 43.8 Å². The topological polar surface area (TPSA) is 41.9 Å². The lowest BCUT2D eigenvalue weighted by Gasteiger charge is -2.36. The van der Waals surface area contributed by atoms with E-state index in [0.717, 1.165) is 31.1 Å². The molecule has 6 heteroatoms. The molecule has 1 aromatic rings. The Hall–Kier alpha value is -1.20. The summed E-state index contributed by atoms with van der Waals surface area (Å²) in [6.45, 7) is 4.15. The van der Waals surface area contributed by atoms with Crippen LogP contribution in [0.3, 0.4) is 0 Å². The van der Waals surface area contributed by atoms with Crippen molar-refractivity contribution in [3.63, 3.8) is 0 Å². The van der Waals surface area contributed by atoms with E-state index in [1.165, 1.54) is 19.3 Å². The smallest absolute Gasteiger partial charge is 0.283 e. The third kappa shape index (κ3) is 3.57. The van der Waals surface area contributed by atoms with Crippen LogP contribution in [0.2, 0.25) is 5.02 Å². The molecule has 0 atom stereocenters. The summed E-state index contributed by atoms with van der Waals surface area (Å²) in [5.41, 5.74) is 0.420. The minimum absolute atomic E-state index is 0.283. The van der Waals surface area contributed by atoms with Gasteiger partial charge in [-0.1, -0.05) is 43.1 Å². The number of unbranched alkanes of at least 4 members (excludes halogenated alkanes) is 1. The van der Waals surface area contributed by atoms with Gasteiger partial charge in [-0.2, -0.15) is 4.99 Å². The van der Waals surface area contributed by atoms with Crippen LogP contribution in [0.4, 0.5) is 0 Å². The number of amides is 1. The summed E-state index contributed by atoms with van der Waals surface area (Å²) < 4.78 is 5.56. The number of rotatable bonds is 5. The van der Waals surface area contributed by atoms with Crippen molar-refractivity contribution in [1.29, 1.82) is 0 Å². The van der Waals surface area contributed by atoms with Gasteiger partial charge in [-0.25, -0.2) is 0 Å². The number of carbonyl (C=O) groups is 1. The fraction of sp³-hybridized carbons (Fsp3) is 0.556. The molecule has 2 fully saturated rings. The summed E-state index contributed by atoms with van der Waals surface area (Å²) in [5.74, 6) is 0.227. The van der Waals surface area contributed by atoms with E-state index in [0.29, 0.717) is 16.3 Å². The zero-order valence-corrected chi connectivity index (χ0v) is 15.8. The first kappa shape index (κ1) is 17.6. The number of hydrogen-bond donors (Lipinski definition) is 0. The minimum Gasteiger partial charge on any atom is -0.496 e. The lowest BCUT2D eigenvalue weighted by atomic mass is 9.84. The Morgan fingerprint density at radius 3 is 2.88 bits per heavy atom. The maximum absolute atomic E-state index is 12.7. The van der Waals surface area contributed by atoms with Crippen LogP contribution in [-0.4, -0.2) is 40.9 Å². The fourth-order valence-electron chi connectivity index (χ4n) is 3.15. The molecule has 0 unspecified atom stereocenters. The van der Waals surface area contributed by atoms with E-state index in [2.05, 4.69) is 16.8 Å². The molecular formula is C18H23ClN2O2S. The maximum atomic E-state index is 12.7. The van der Waals surface area contributed by atoms with Gasteiger partial charge in [0.25, 0.3) is 5.91 Å². The van der Waals surface area contributed by atoms with E-state index in [-0.39, 0.29) is 10.7 Å². The molecular weight excluding hydrogens is 344 g/mol. The van der Waals surface area contributed by atoms with Crippen LogP contribution in [0.25, 0.3) is 0 Å². The Bertz CT molecular complexity index is 658. The molecule has 1 amide bonds. The lowest BCUT2D eigenvalue weighted by molar-refractivity contribution is 0.0998. The quantitative estimate of drug-likeness (QED) is 0.762. The number of nitrogens with zero attached hydrogens (tertiary/aromatic N) is 2. The van der Waals surface area contributed by atoms with Crippen molar-refractivity contribution < 1.29 is 9.53 Å². The van der Waals surface area contributed by atoms with E-state index in [9.17, 15) is 4.79 Å². The molecule has 0 bridgehead atoms. The van der Waals surface area contributed by atoms with Crippen molar-refractivity contribution in [3.05, 3.63) is 28.8 Å². The number of hydrogen-bond acceptors (Lipinski definition) is 3. The molecule has 1 heterocycles. The fourth-order valence-corrected chi connectivity index (χ4v) is 4.83. The van der Waals surface area contributed by atoms with Crippen LogP contribution in [0.5, 0.6) is 5.75 Å². The van der Waals surface area contributed by atoms with E-state index in [1.54, 1.807) is 37.1 Å². The molecule has 2 aliphatic rings. The van der Waals surface area contributed by atoms with Gasteiger partial charge in [-0.15, -0.1) is 0 Å². The number of methoxy groups -OCH3 is 1. The van der Waals surface area contributed by atoms with E-state index in [1.807, 2.05) is 0 Å². The van der Waals surface area contributed by atoms with Crippen LogP contribution in [0.1, 0.15) is 49.4 Å². The van der Waals surface area contributed by atoms with Crippen molar-refractivity contribution in [2.75, 3.05) is 20.2 Å². The molecule has 1 saturated carbocycles. The number of halogens is 1. The molecule has 1 aliphatic heterocycles. The number of aliphatic imine (C=N–C) groups is 1. The standard InChI is InChI=1S/C18H23ClN2O2S/c1-3-4-10-21-12-18(8-5-9-18)24-17(21)20-16(22)14-11-13(19)6-7-15(14)23-2/h6-7,11H,3-5,8-10,12H2,1-2H3. The third-order valence-electron chi connectivity index (χ3n) is 4.69. The number of benzene rings is 1. The average molecular weight is 367 g/mol. The van der Waals surface area contributed by atoms with Crippen LogP contribution < -0.4 is 4.74 Å². The predicted molar refractivity (Wildman–Crippen MR) is 100 cm³/mol. The Morgan fingerprint density at radius 2 is 2.25 bits per heavy atom. The summed E-state index contributed by atoms with van der Waals surface area (Å²) in [6, 6.07) is 5.05. The number of amidine groups is 1. The first-order valence-corrected chi connectivity index (χ1v) is 9.67. The van der Waals surface area contributed by atoms with Gasteiger partial charge in [0.05, 0.1) is 12.7 Å². The van der Waals surface area contributed by atoms with Crippen LogP contribution in [0, 0.1) is 0 Å². The molecule has 24 heavy (non-hydrogen) atoms. The summed E-state index contributed by atoms with van der Waals surface area (Å²) in [6.07, 6.45) is 5.96. The van der Waals surface area contributed by atoms with E-state index in [4.69, 9.17) is 16.3 Å². The number of carbonyl (C=O) groups excluding carboxylic acids is 1. The summed E-state index contributed by atoms with van der Waals surface area (Å²) in [4.78, 5) is 19.4. The summed E-state index contributed by atoms with van der Waals surface area (Å²) in [7, 11) is 1.55. The van der Waals surface area contributed by atoms with Gasteiger partial charge in [0.2, 0.25) is 0 Å². The molecule has 0 aromatic heterocycles. The summed E-state index contributed by atoms with van der Waals surface area (Å²) >= 11 is 7.82. The first-order valence-electron chi connectivity index (χ1n) is 8.47. The second-order valence-electron chi connectivity index (χ2n) is 6.46. The molecule has 1 spiro atoms. The van der Waals surface area contributed by atoms with E-state index >= 15 is 0 Å². The van der Waals surface area contributed by atoms with Gasteiger partial charge in [-0.3, -0.25) is 4.79 Å². The number of thioether (sulfide) groups is 1.